The fourth-order valence-electron chi connectivity index (χ4n) is 2.82. The van der Waals surface area contributed by atoms with Crippen LogP contribution in [0, 0.1) is 12.7 Å². The summed E-state index contributed by atoms with van der Waals surface area (Å²) in [6.07, 6.45) is 0. The van der Waals surface area contributed by atoms with Crippen molar-refractivity contribution in [1.82, 2.24) is 9.80 Å². The number of hydrogen-bond donors (Lipinski definition) is 1. The van der Waals surface area contributed by atoms with Gasteiger partial charge < -0.3 is 10.2 Å². The van der Waals surface area contributed by atoms with Crippen LogP contribution in [-0.2, 0) is 16.1 Å². The molecule has 0 spiro atoms. The van der Waals surface area contributed by atoms with Crippen molar-refractivity contribution in [3.8, 4) is 0 Å². The predicted molar refractivity (Wildman–Crippen MR) is 112 cm³/mol. The Morgan fingerprint density at radius 1 is 1.18 bits per heavy atom. The lowest BCUT2D eigenvalue weighted by Gasteiger charge is -2.28. The largest absolute Gasteiger partial charge is 0.340 e. The lowest BCUT2D eigenvalue weighted by Crippen LogP contribution is -2.46. The van der Waals surface area contributed by atoms with Crippen LogP contribution in [0.1, 0.15) is 18.1 Å². The molecule has 28 heavy (non-hydrogen) atoms. The first-order chi connectivity index (χ1) is 13.2. The monoisotopic (exact) mass is 449 g/mol. The average molecular weight is 450 g/mol. The number of rotatable bonds is 7. The number of anilines is 1. The first-order valence-corrected chi connectivity index (χ1v) is 9.72. The van der Waals surface area contributed by atoms with Crippen LogP contribution in [0.3, 0.4) is 0 Å². The Kier molecular flexibility index (Phi) is 7.71. The number of carbonyl (C=O) groups excluding carboxylic acids is 2. The van der Waals surface area contributed by atoms with E-state index in [1.165, 1.54) is 17.0 Å². The summed E-state index contributed by atoms with van der Waals surface area (Å²) in [6, 6.07) is 11.3. The minimum absolute atomic E-state index is 0.0796. The number of hydrogen-bond acceptors (Lipinski definition) is 3. The van der Waals surface area contributed by atoms with Gasteiger partial charge in [-0.3, -0.25) is 14.5 Å². The number of benzene rings is 2. The van der Waals surface area contributed by atoms with E-state index in [1.54, 1.807) is 38.1 Å². The number of likely N-dealkylation sites (N-methyl/N-ethyl adjacent to an activating group) is 2. The van der Waals surface area contributed by atoms with Crippen LogP contribution in [-0.4, -0.2) is 48.3 Å². The van der Waals surface area contributed by atoms with E-state index >= 15 is 0 Å². The molecule has 0 radical (unpaired) electrons. The van der Waals surface area contributed by atoms with E-state index in [1.807, 2.05) is 25.1 Å². The van der Waals surface area contributed by atoms with Gasteiger partial charge in [0.1, 0.15) is 5.82 Å². The van der Waals surface area contributed by atoms with Crippen molar-refractivity contribution in [3.05, 3.63) is 63.9 Å². The van der Waals surface area contributed by atoms with Crippen molar-refractivity contribution in [3.63, 3.8) is 0 Å². The molecule has 0 saturated heterocycles. The minimum Gasteiger partial charge on any atom is -0.340 e. The molecule has 0 aliphatic rings. The fraction of sp³-hybridized carbons (Fsp3) is 0.333. The molecule has 0 fully saturated rings. The molecule has 0 aliphatic carbocycles. The second kappa shape index (κ2) is 9.80. The van der Waals surface area contributed by atoms with Crippen molar-refractivity contribution in [1.29, 1.82) is 0 Å². The highest BCUT2D eigenvalue weighted by Gasteiger charge is 2.23. The van der Waals surface area contributed by atoms with E-state index in [4.69, 9.17) is 0 Å². The molecule has 7 heteroatoms. The summed E-state index contributed by atoms with van der Waals surface area (Å²) in [5.74, 6) is -0.664. The molecule has 2 amide bonds. The number of nitrogens with zero attached hydrogens (tertiary/aromatic N) is 2. The van der Waals surface area contributed by atoms with Crippen LogP contribution in [0.25, 0.3) is 0 Å². The van der Waals surface area contributed by atoms with Crippen LogP contribution in [0.2, 0.25) is 0 Å². The van der Waals surface area contributed by atoms with Crippen molar-refractivity contribution in [2.75, 3.05) is 26.0 Å². The summed E-state index contributed by atoms with van der Waals surface area (Å²) in [5.41, 5.74) is 2.40. The minimum atomic E-state index is -0.490. The first-order valence-electron chi connectivity index (χ1n) is 8.93. The van der Waals surface area contributed by atoms with Crippen LogP contribution >= 0.6 is 15.9 Å². The quantitative estimate of drug-likeness (QED) is 0.698. The van der Waals surface area contributed by atoms with E-state index < -0.39 is 6.04 Å². The lowest BCUT2D eigenvalue weighted by molar-refractivity contribution is -0.135. The van der Waals surface area contributed by atoms with Gasteiger partial charge >= 0.3 is 0 Å². The molecule has 0 bridgehead atoms. The zero-order valence-corrected chi connectivity index (χ0v) is 18.1. The zero-order valence-electron chi connectivity index (χ0n) is 16.5. The van der Waals surface area contributed by atoms with Gasteiger partial charge in [-0.15, -0.1) is 0 Å². The second-order valence-corrected chi connectivity index (χ2v) is 7.84. The summed E-state index contributed by atoms with van der Waals surface area (Å²) < 4.78 is 14.3. The van der Waals surface area contributed by atoms with Crippen molar-refractivity contribution < 1.29 is 14.0 Å². The molecule has 1 atom stereocenters. The van der Waals surface area contributed by atoms with E-state index in [-0.39, 0.29) is 24.2 Å². The molecule has 1 N–H and O–H groups in total. The number of aryl methyl sites for hydroxylation is 1. The van der Waals surface area contributed by atoms with Gasteiger partial charge in [-0.2, -0.15) is 0 Å². The average Bonchev–Trinajstić information content (AvgIpc) is 2.62. The van der Waals surface area contributed by atoms with Gasteiger partial charge in [0.2, 0.25) is 11.8 Å². The molecule has 2 aromatic rings. The van der Waals surface area contributed by atoms with E-state index in [0.29, 0.717) is 12.1 Å². The normalized spacial score (nSPS) is 12.0. The maximum absolute atomic E-state index is 13.3. The van der Waals surface area contributed by atoms with Gasteiger partial charge in [0.15, 0.2) is 0 Å². The highest BCUT2D eigenvalue weighted by molar-refractivity contribution is 9.10. The molecule has 0 aliphatic heterocycles. The highest BCUT2D eigenvalue weighted by Crippen LogP contribution is 2.20. The molecule has 0 heterocycles. The van der Waals surface area contributed by atoms with Crippen molar-refractivity contribution in [2.45, 2.75) is 26.4 Å². The summed E-state index contributed by atoms with van der Waals surface area (Å²) in [7, 11) is 3.40. The maximum Gasteiger partial charge on any atom is 0.239 e. The van der Waals surface area contributed by atoms with Crippen LogP contribution in [0.4, 0.5) is 10.1 Å². The van der Waals surface area contributed by atoms with E-state index in [0.717, 1.165) is 15.7 Å². The summed E-state index contributed by atoms with van der Waals surface area (Å²) in [4.78, 5) is 28.2. The molecule has 2 aromatic carbocycles. The molecule has 1 unspecified atom stereocenters. The number of amides is 2. The Labute approximate surface area is 173 Å². The summed E-state index contributed by atoms with van der Waals surface area (Å²) in [5, 5.41) is 2.87. The summed E-state index contributed by atoms with van der Waals surface area (Å²) >= 11 is 3.39. The van der Waals surface area contributed by atoms with E-state index in [2.05, 4.69) is 21.2 Å². The van der Waals surface area contributed by atoms with Gasteiger partial charge in [-0.25, -0.2) is 4.39 Å². The molecule has 150 valence electrons. The summed E-state index contributed by atoms with van der Waals surface area (Å²) in [6.45, 7) is 4.05. The Bertz CT molecular complexity index is 859. The standard InChI is InChI=1S/C21H25BrFN3O2/c1-14-10-17(22)8-9-19(14)24-20(27)13-25(3)15(2)21(28)26(4)12-16-6-5-7-18(23)11-16/h5-11,15H,12-13H2,1-4H3,(H,24,27). The Balaban J connectivity index is 1.92. The third-order valence-corrected chi connectivity index (χ3v) is 5.05. The Morgan fingerprint density at radius 2 is 1.89 bits per heavy atom. The third-order valence-electron chi connectivity index (χ3n) is 4.56. The number of carbonyl (C=O) groups is 2. The molecular weight excluding hydrogens is 425 g/mol. The van der Waals surface area contributed by atoms with Gasteiger partial charge in [0, 0.05) is 23.8 Å². The topological polar surface area (TPSA) is 52.7 Å². The van der Waals surface area contributed by atoms with E-state index in [9.17, 15) is 14.0 Å². The smallest absolute Gasteiger partial charge is 0.239 e. The maximum atomic E-state index is 13.3. The molecule has 0 saturated carbocycles. The Morgan fingerprint density at radius 3 is 2.54 bits per heavy atom. The van der Waals surface area contributed by atoms with Gasteiger partial charge in [0.05, 0.1) is 12.6 Å². The van der Waals surface area contributed by atoms with Gasteiger partial charge in [-0.1, -0.05) is 28.1 Å². The van der Waals surface area contributed by atoms with Crippen LogP contribution in [0.15, 0.2) is 46.9 Å². The van der Waals surface area contributed by atoms with Crippen LogP contribution in [0.5, 0.6) is 0 Å². The zero-order chi connectivity index (χ0) is 20.8. The highest BCUT2D eigenvalue weighted by atomic mass is 79.9. The predicted octanol–water partition coefficient (Wildman–Crippen LogP) is 3.81. The lowest BCUT2D eigenvalue weighted by atomic mass is 10.2. The van der Waals surface area contributed by atoms with Crippen LogP contribution < -0.4 is 5.32 Å². The SMILES string of the molecule is Cc1cc(Br)ccc1NC(=O)CN(C)C(C)C(=O)N(C)Cc1cccc(F)c1. The fourth-order valence-corrected chi connectivity index (χ4v) is 3.29. The third kappa shape index (κ3) is 6.14. The van der Waals surface area contributed by atoms with Gasteiger partial charge in [0.25, 0.3) is 0 Å². The Hall–Kier alpha value is -2.25. The van der Waals surface area contributed by atoms with Gasteiger partial charge in [-0.05, 0) is 62.4 Å². The number of halogens is 2. The molecule has 5 nitrogen and oxygen atoms in total. The van der Waals surface area contributed by atoms with Crippen molar-refractivity contribution in [2.24, 2.45) is 0 Å². The van der Waals surface area contributed by atoms with Crippen molar-refractivity contribution >= 4 is 33.4 Å². The molecule has 2 rings (SSSR count). The first kappa shape index (κ1) is 22.0. The molecule has 0 aromatic heterocycles. The molecular formula is C21H25BrFN3O2. The number of nitrogens with one attached hydrogen (secondary N) is 1. The second-order valence-electron chi connectivity index (χ2n) is 6.92.